The maximum atomic E-state index is 13.2. The van der Waals surface area contributed by atoms with E-state index >= 15 is 0 Å². The Bertz CT molecular complexity index is 780. The lowest BCUT2D eigenvalue weighted by Gasteiger charge is -2.18. The van der Waals surface area contributed by atoms with Crippen LogP contribution >= 0.6 is 0 Å². The van der Waals surface area contributed by atoms with E-state index in [-0.39, 0.29) is 5.82 Å². The summed E-state index contributed by atoms with van der Waals surface area (Å²) in [4.78, 5) is 10.3. The topological polar surface area (TPSA) is 38.2 Å². The van der Waals surface area contributed by atoms with Crippen LogP contribution in [0.15, 0.2) is 67.0 Å². The van der Waals surface area contributed by atoms with Gasteiger partial charge in [-0.15, -0.1) is 0 Å². The Balaban J connectivity index is 1.74. The molecule has 0 aliphatic heterocycles. The largest absolute Gasteiger partial charge is 0.439 e. The molecule has 0 saturated heterocycles. The van der Waals surface area contributed by atoms with Crippen molar-refractivity contribution in [3.05, 3.63) is 78.4 Å². The molecule has 3 rings (SSSR count). The van der Waals surface area contributed by atoms with Gasteiger partial charge in [-0.2, -0.15) is 0 Å². The number of nitrogens with zero attached hydrogens (tertiary/aromatic N) is 3. The molecule has 0 radical (unpaired) electrons. The average Bonchev–Trinajstić information content (AvgIpc) is 2.56. The number of benzene rings is 2. The zero-order valence-corrected chi connectivity index (χ0v) is 12.7. The van der Waals surface area contributed by atoms with Crippen molar-refractivity contribution in [3.63, 3.8) is 0 Å². The Hall–Kier alpha value is -2.95. The maximum Gasteiger partial charge on any atom is 0.224 e. The molecule has 0 atom stereocenters. The van der Waals surface area contributed by atoms with E-state index in [1.54, 1.807) is 18.2 Å². The molecule has 0 amide bonds. The molecule has 0 aliphatic rings. The molecule has 0 aliphatic carbocycles. The summed E-state index contributed by atoms with van der Waals surface area (Å²) in [5.74, 6) is 1.16. The highest BCUT2D eigenvalue weighted by Gasteiger charge is 2.07. The van der Waals surface area contributed by atoms with Crippen LogP contribution in [-0.4, -0.2) is 17.0 Å². The average molecular weight is 309 g/mol. The van der Waals surface area contributed by atoms with Crippen LogP contribution in [0.3, 0.4) is 0 Å². The van der Waals surface area contributed by atoms with Crippen molar-refractivity contribution < 1.29 is 9.13 Å². The molecule has 2 aromatic carbocycles. The predicted molar refractivity (Wildman–Crippen MR) is 87.1 cm³/mol. The van der Waals surface area contributed by atoms with E-state index in [0.717, 1.165) is 12.4 Å². The van der Waals surface area contributed by atoms with Gasteiger partial charge in [0.15, 0.2) is 0 Å². The summed E-state index contributed by atoms with van der Waals surface area (Å²) in [7, 11) is 1.95. The van der Waals surface area contributed by atoms with E-state index in [4.69, 9.17) is 4.74 Å². The molecule has 5 heteroatoms. The van der Waals surface area contributed by atoms with Crippen molar-refractivity contribution in [3.8, 4) is 11.6 Å². The monoisotopic (exact) mass is 309 g/mol. The fraction of sp³-hybridized carbons (Fsp3) is 0.111. The lowest BCUT2D eigenvalue weighted by atomic mass is 10.2. The van der Waals surface area contributed by atoms with Gasteiger partial charge in [-0.25, -0.2) is 14.4 Å². The molecule has 0 spiro atoms. The number of anilines is 1. The molecule has 116 valence electrons. The van der Waals surface area contributed by atoms with E-state index in [2.05, 4.69) is 22.1 Å². The molecule has 0 fully saturated rings. The minimum Gasteiger partial charge on any atom is -0.439 e. The summed E-state index contributed by atoms with van der Waals surface area (Å²) < 4.78 is 18.8. The zero-order valence-electron chi connectivity index (χ0n) is 12.7. The quantitative estimate of drug-likeness (QED) is 0.713. The lowest BCUT2D eigenvalue weighted by molar-refractivity contribution is 0.456. The van der Waals surface area contributed by atoms with Crippen LogP contribution in [0.1, 0.15) is 5.56 Å². The summed E-state index contributed by atoms with van der Waals surface area (Å²) in [6.07, 6.45) is 1.44. The highest BCUT2D eigenvalue weighted by molar-refractivity contribution is 5.42. The second-order valence-electron chi connectivity index (χ2n) is 5.12. The maximum absolute atomic E-state index is 13.2. The number of halogens is 1. The van der Waals surface area contributed by atoms with Gasteiger partial charge in [0.1, 0.15) is 23.7 Å². The third-order valence-corrected chi connectivity index (χ3v) is 3.30. The van der Waals surface area contributed by atoms with Gasteiger partial charge in [0.25, 0.3) is 0 Å². The molecule has 23 heavy (non-hydrogen) atoms. The van der Waals surface area contributed by atoms with Gasteiger partial charge in [0, 0.05) is 25.7 Å². The van der Waals surface area contributed by atoms with E-state index in [0.29, 0.717) is 11.6 Å². The number of aromatic nitrogens is 2. The first-order valence-electron chi connectivity index (χ1n) is 7.21. The molecular formula is C18H16FN3O. The van der Waals surface area contributed by atoms with Crippen molar-refractivity contribution in [1.29, 1.82) is 0 Å². The van der Waals surface area contributed by atoms with E-state index in [9.17, 15) is 4.39 Å². The van der Waals surface area contributed by atoms with Crippen molar-refractivity contribution >= 4 is 5.82 Å². The molecule has 0 N–H and O–H groups in total. The molecule has 1 aromatic heterocycles. The first kappa shape index (κ1) is 15.0. The first-order valence-corrected chi connectivity index (χ1v) is 7.21. The van der Waals surface area contributed by atoms with Gasteiger partial charge in [-0.3, -0.25) is 0 Å². The normalized spacial score (nSPS) is 10.3. The third-order valence-electron chi connectivity index (χ3n) is 3.30. The molecule has 4 nitrogen and oxygen atoms in total. The molecule has 0 saturated carbocycles. The summed E-state index contributed by atoms with van der Waals surface area (Å²) in [6, 6.07) is 17.8. The van der Waals surface area contributed by atoms with E-state index in [1.165, 1.54) is 24.0 Å². The molecule has 0 unspecified atom stereocenters. The lowest BCUT2D eigenvalue weighted by Crippen LogP contribution is -2.17. The van der Waals surface area contributed by atoms with Crippen LogP contribution < -0.4 is 9.64 Å². The predicted octanol–water partition coefficient (Wildman–Crippen LogP) is 4.04. The summed E-state index contributed by atoms with van der Waals surface area (Å²) in [6.45, 7) is 0.720. The first-order chi connectivity index (χ1) is 11.2. The number of rotatable bonds is 5. The van der Waals surface area contributed by atoms with Crippen LogP contribution in [0.5, 0.6) is 11.6 Å². The van der Waals surface area contributed by atoms with Crippen LogP contribution in [0.25, 0.3) is 0 Å². The van der Waals surface area contributed by atoms with Gasteiger partial charge >= 0.3 is 0 Å². The van der Waals surface area contributed by atoms with Gasteiger partial charge in [-0.05, 0) is 17.7 Å². The molecule has 0 bridgehead atoms. The van der Waals surface area contributed by atoms with Crippen molar-refractivity contribution in [2.75, 3.05) is 11.9 Å². The second-order valence-corrected chi connectivity index (χ2v) is 5.12. The fourth-order valence-electron chi connectivity index (χ4n) is 2.18. The van der Waals surface area contributed by atoms with E-state index in [1.807, 2.05) is 30.1 Å². The minimum absolute atomic E-state index is 0.349. The van der Waals surface area contributed by atoms with Gasteiger partial charge in [-0.1, -0.05) is 36.4 Å². The van der Waals surface area contributed by atoms with Crippen molar-refractivity contribution in [2.24, 2.45) is 0 Å². The molecule has 1 heterocycles. The Labute approximate surface area is 134 Å². The van der Waals surface area contributed by atoms with Crippen LogP contribution in [0, 0.1) is 5.82 Å². The Morgan fingerprint density at radius 3 is 2.61 bits per heavy atom. The van der Waals surface area contributed by atoms with Crippen LogP contribution in [0.4, 0.5) is 10.2 Å². The Morgan fingerprint density at radius 1 is 1.00 bits per heavy atom. The third kappa shape index (κ3) is 4.03. The van der Waals surface area contributed by atoms with Gasteiger partial charge < -0.3 is 9.64 Å². The highest BCUT2D eigenvalue weighted by atomic mass is 19.1. The number of ether oxygens (including phenoxy) is 1. The highest BCUT2D eigenvalue weighted by Crippen LogP contribution is 2.23. The summed E-state index contributed by atoms with van der Waals surface area (Å²) in [5.41, 5.74) is 1.18. The standard InChI is InChI=1S/C18H16FN3O/c1-22(12-14-6-3-2-4-7-14)17-11-18(21-13-20-17)23-16-9-5-8-15(19)10-16/h2-11,13H,12H2,1H3. The summed E-state index contributed by atoms with van der Waals surface area (Å²) >= 11 is 0. The minimum atomic E-state index is -0.349. The van der Waals surface area contributed by atoms with Crippen LogP contribution in [-0.2, 0) is 6.54 Å². The number of hydrogen-bond donors (Lipinski definition) is 0. The molecular weight excluding hydrogens is 293 g/mol. The van der Waals surface area contributed by atoms with Crippen LogP contribution in [0.2, 0.25) is 0 Å². The van der Waals surface area contributed by atoms with Crippen molar-refractivity contribution in [2.45, 2.75) is 6.54 Å². The smallest absolute Gasteiger partial charge is 0.224 e. The molecule has 3 aromatic rings. The Kier molecular flexibility index (Phi) is 4.47. The second kappa shape index (κ2) is 6.87. The van der Waals surface area contributed by atoms with Crippen molar-refractivity contribution in [1.82, 2.24) is 9.97 Å². The zero-order chi connectivity index (χ0) is 16.1. The Morgan fingerprint density at radius 2 is 1.83 bits per heavy atom. The fourth-order valence-corrected chi connectivity index (χ4v) is 2.18. The van der Waals surface area contributed by atoms with Gasteiger partial charge in [0.05, 0.1) is 0 Å². The SMILES string of the molecule is CN(Cc1ccccc1)c1cc(Oc2cccc(F)c2)ncn1. The number of hydrogen-bond acceptors (Lipinski definition) is 4. The van der Waals surface area contributed by atoms with E-state index < -0.39 is 0 Å². The van der Waals surface area contributed by atoms with Gasteiger partial charge in [0.2, 0.25) is 5.88 Å². The summed E-state index contributed by atoms with van der Waals surface area (Å²) in [5, 5.41) is 0.